The minimum Gasteiger partial charge on any atom is -0.497 e. The van der Waals surface area contributed by atoms with Crippen molar-refractivity contribution in [2.75, 3.05) is 25.5 Å². The number of ether oxygens (including phenoxy) is 1. The van der Waals surface area contributed by atoms with Crippen LogP contribution >= 0.6 is 12.4 Å². The molecule has 1 aromatic heterocycles. The number of methoxy groups -OCH3 is 1. The minimum atomic E-state index is -3.52. The van der Waals surface area contributed by atoms with Gasteiger partial charge in [-0.2, -0.15) is 4.31 Å². The van der Waals surface area contributed by atoms with Crippen molar-refractivity contribution in [3.8, 4) is 17.2 Å². The van der Waals surface area contributed by atoms with Gasteiger partial charge in [0, 0.05) is 24.2 Å². The van der Waals surface area contributed by atoms with E-state index in [0.717, 1.165) is 12.8 Å². The fourth-order valence-electron chi connectivity index (χ4n) is 3.15. The monoisotopic (exact) mass is 464 g/mol. The van der Waals surface area contributed by atoms with Crippen LogP contribution in [0.5, 0.6) is 5.75 Å². The summed E-state index contributed by atoms with van der Waals surface area (Å²) >= 11 is 0. The van der Waals surface area contributed by atoms with Crippen molar-refractivity contribution in [3.63, 3.8) is 0 Å². The molecular weight excluding hydrogens is 444 g/mol. The van der Waals surface area contributed by atoms with Crippen LogP contribution in [-0.2, 0) is 10.0 Å². The summed E-state index contributed by atoms with van der Waals surface area (Å²) in [5.41, 5.74) is 0.958. The van der Waals surface area contributed by atoms with Crippen molar-refractivity contribution in [1.29, 1.82) is 0 Å². The molecule has 1 N–H and O–H groups in total. The first kappa shape index (κ1) is 22.7. The lowest BCUT2D eigenvalue weighted by molar-refractivity contribution is 0.102. The number of rotatable bonds is 6. The van der Waals surface area contributed by atoms with Crippen molar-refractivity contribution in [3.05, 3.63) is 54.1 Å². The van der Waals surface area contributed by atoms with E-state index in [1.807, 2.05) is 0 Å². The van der Waals surface area contributed by atoms with Crippen LogP contribution in [0.15, 0.2) is 57.8 Å². The average Bonchev–Trinajstić information content (AvgIpc) is 3.47. The van der Waals surface area contributed by atoms with Gasteiger partial charge in [-0.05, 0) is 61.4 Å². The van der Waals surface area contributed by atoms with Gasteiger partial charge in [-0.1, -0.05) is 5.10 Å². The van der Waals surface area contributed by atoms with Gasteiger partial charge in [0.2, 0.25) is 15.9 Å². The Morgan fingerprint density at radius 1 is 1.03 bits per heavy atom. The Morgan fingerprint density at radius 2 is 1.68 bits per heavy atom. The Morgan fingerprint density at radius 3 is 2.29 bits per heavy atom. The van der Waals surface area contributed by atoms with Crippen molar-refractivity contribution in [2.24, 2.45) is 0 Å². The fraction of sp³-hybridized carbons (Fsp3) is 0.250. The molecule has 11 heteroatoms. The molecule has 0 saturated carbocycles. The normalized spacial score (nSPS) is 14.1. The molecule has 1 fully saturated rings. The highest BCUT2D eigenvalue weighted by atomic mass is 35.5. The molecule has 0 radical (unpaired) electrons. The van der Waals surface area contributed by atoms with Crippen LogP contribution < -0.4 is 10.1 Å². The Hall–Kier alpha value is -2.95. The van der Waals surface area contributed by atoms with E-state index in [2.05, 4.69) is 15.5 Å². The summed E-state index contributed by atoms with van der Waals surface area (Å²) in [6, 6.07) is 12.8. The van der Waals surface area contributed by atoms with Gasteiger partial charge in [-0.25, -0.2) is 8.42 Å². The van der Waals surface area contributed by atoms with E-state index in [4.69, 9.17) is 9.15 Å². The molecule has 1 saturated heterocycles. The lowest BCUT2D eigenvalue weighted by Crippen LogP contribution is -2.27. The number of hydrogen-bond acceptors (Lipinski definition) is 7. The molecule has 1 aliphatic rings. The minimum absolute atomic E-state index is 0. The van der Waals surface area contributed by atoms with Crippen molar-refractivity contribution in [2.45, 2.75) is 17.7 Å². The quantitative estimate of drug-likeness (QED) is 0.595. The first-order chi connectivity index (χ1) is 14.5. The summed E-state index contributed by atoms with van der Waals surface area (Å²) in [4.78, 5) is 12.6. The number of nitrogens with zero attached hydrogens (tertiary/aromatic N) is 3. The SMILES string of the molecule is COc1ccc(-c2nnc(NC(=O)c3ccc(S(=O)(=O)N4CCCC4)cc3)o2)cc1.Cl. The third kappa shape index (κ3) is 4.87. The maximum Gasteiger partial charge on any atom is 0.322 e. The number of anilines is 1. The summed E-state index contributed by atoms with van der Waals surface area (Å²) in [6.45, 7) is 1.05. The smallest absolute Gasteiger partial charge is 0.322 e. The number of amides is 1. The molecule has 0 spiro atoms. The van der Waals surface area contributed by atoms with Crippen LogP contribution in [0.1, 0.15) is 23.2 Å². The number of nitrogens with one attached hydrogen (secondary N) is 1. The highest BCUT2D eigenvalue weighted by molar-refractivity contribution is 7.89. The van der Waals surface area contributed by atoms with E-state index in [-0.39, 0.29) is 34.8 Å². The summed E-state index contributed by atoms with van der Waals surface area (Å²) in [5, 5.41) is 10.3. The molecular formula is C20H21ClN4O5S. The predicted molar refractivity (Wildman–Crippen MR) is 116 cm³/mol. The third-order valence-corrected chi connectivity index (χ3v) is 6.71. The van der Waals surface area contributed by atoms with E-state index in [1.165, 1.54) is 28.6 Å². The molecule has 164 valence electrons. The van der Waals surface area contributed by atoms with E-state index in [9.17, 15) is 13.2 Å². The number of sulfonamides is 1. The van der Waals surface area contributed by atoms with Crippen LogP contribution in [-0.4, -0.2) is 49.0 Å². The maximum absolute atomic E-state index is 12.6. The van der Waals surface area contributed by atoms with Gasteiger partial charge < -0.3 is 9.15 Å². The van der Waals surface area contributed by atoms with Gasteiger partial charge in [-0.3, -0.25) is 10.1 Å². The number of carbonyl (C=O) groups is 1. The van der Waals surface area contributed by atoms with Crippen LogP contribution in [0.25, 0.3) is 11.5 Å². The Labute approximate surface area is 185 Å². The van der Waals surface area contributed by atoms with Crippen LogP contribution in [0.2, 0.25) is 0 Å². The number of carbonyl (C=O) groups excluding carboxylic acids is 1. The summed E-state index contributed by atoms with van der Waals surface area (Å²) in [6.07, 6.45) is 1.73. The molecule has 0 unspecified atom stereocenters. The number of halogens is 1. The molecule has 0 bridgehead atoms. The van der Waals surface area contributed by atoms with E-state index in [1.54, 1.807) is 31.4 Å². The van der Waals surface area contributed by atoms with Crippen molar-refractivity contribution < 1.29 is 22.4 Å². The zero-order valence-corrected chi connectivity index (χ0v) is 18.3. The number of benzene rings is 2. The molecule has 3 aromatic rings. The number of hydrogen-bond donors (Lipinski definition) is 1. The molecule has 4 rings (SSSR count). The van der Waals surface area contributed by atoms with Gasteiger partial charge >= 0.3 is 6.01 Å². The van der Waals surface area contributed by atoms with Gasteiger partial charge in [0.05, 0.1) is 12.0 Å². The number of aromatic nitrogens is 2. The summed E-state index contributed by atoms with van der Waals surface area (Å²) < 4.78 is 37.2. The van der Waals surface area contributed by atoms with Crippen molar-refractivity contribution >= 4 is 34.4 Å². The maximum atomic E-state index is 12.6. The first-order valence-electron chi connectivity index (χ1n) is 9.37. The first-order valence-corrected chi connectivity index (χ1v) is 10.8. The summed E-state index contributed by atoms with van der Waals surface area (Å²) in [7, 11) is -1.95. The van der Waals surface area contributed by atoms with Crippen LogP contribution in [0, 0.1) is 0 Å². The second-order valence-corrected chi connectivity index (χ2v) is 8.67. The molecule has 1 amide bonds. The second kappa shape index (κ2) is 9.46. The molecule has 1 aliphatic heterocycles. The Kier molecular flexibility index (Phi) is 6.94. The lowest BCUT2D eigenvalue weighted by Gasteiger charge is -2.15. The van der Waals surface area contributed by atoms with E-state index >= 15 is 0 Å². The molecule has 0 atom stereocenters. The van der Waals surface area contributed by atoms with E-state index < -0.39 is 15.9 Å². The standard InChI is InChI=1S/C20H20N4O5S.ClH/c1-28-16-8-4-15(5-9-16)19-22-23-20(29-19)21-18(25)14-6-10-17(11-7-14)30(26,27)24-12-2-3-13-24;/h4-11H,2-3,12-13H2,1H3,(H,21,23,25);1H. The Bertz CT molecular complexity index is 1140. The highest BCUT2D eigenvalue weighted by Crippen LogP contribution is 2.24. The van der Waals surface area contributed by atoms with Gasteiger partial charge in [0.15, 0.2) is 0 Å². The molecule has 0 aliphatic carbocycles. The second-order valence-electron chi connectivity index (χ2n) is 6.73. The zero-order valence-electron chi connectivity index (χ0n) is 16.6. The van der Waals surface area contributed by atoms with Crippen LogP contribution in [0.3, 0.4) is 0 Å². The van der Waals surface area contributed by atoms with Crippen LogP contribution in [0.4, 0.5) is 6.01 Å². The molecule has 2 heterocycles. The highest BCUT2D eigenvalue weighted by Gasteiger charge is 2.27. The molecule has 2 aromatic carbocycles. The largest absolute Gasteiger partial charge is 0.497 e. The van der Waals surface area contributed by atoms with Gasteiger partial charge in [0.1, 0.15) is 5.75 Å². The van der Waals surface area contributed by atoms with Gasteiger partial charge in [0.25, 0.3) is 5.91 Å². The van der Waals surface area contributed by atoms with E-state index in [0.29, 0.717) is 24.4 Å². The average molecular weight is 465 g/mol. The third-order valence-electron chi connectivity index (χ3n) is 4.80. The lowest BCUT2D eigenvalue weighted by atomic mass is 10.2. The molecule has 9 nitrogen and oxygen atoms in total. The topological polar surface area (TPSA) is 115 Å². The van der Waals surface area contributed by atoms with Crippen molar-refractivity contribution in [1.82, 2.24) is 14.5 Å². The predicted octanol–water partition coefficient (Wildman–Crippen LogP) is 3.20. The summed E-state index contributed by atoms with van der Waals surface area (Å²) in [5.74, 6) is 0.465. The zero-order chi connectivity index (χ0) is 21.1. The van der Waals surface area contributed by atoms with Gasteiger partial charge in [-0.15, -0.1) is 17.5 Å². The Balaban J connectivity index is 0.00000272. The fourth-order valence-corrected chi connectivity index (χ4v) is 4.67. The molecule has 31 heavy (non-hydrogen) atoms.